The summed E-state index contributed by atoms with van der Waals surface area (Å²) in [5.74, 6) is 0. The van der Waals surface area contributed by atoms with E-state index in [1.54, 1.807) is 0 Å². The van der Waals surface area contributed by atoms with Gasteiger partial charge < -0.3 is 10.6 Å². The van der Waals surface area contributed by atoms with E-state index in [9.17, 15) is 0 Å². The number of likely N-dealkylation sites (N-methyl/N-ethyl adjacent to an activating group) is 1. The lowest BCUT2D eigenvalue weighted by Crippen LogP contribution is -2.48. The van der Waals surface area contributed by atoms with Crippen molar-refractivity contribution in [3.63, 3.8) is 0 Å². The lowest BCUT2D eigenvalue weighted by atomic mass is 10.1. The van der Waals surface area contributed by atoms with Gasteiger partial charge in [0.2, 0.25) is 0 Å². The first-order chi connectivity index (χ1) is 5.25. The molecule has 0 unspecified atom stereocenters. The van der Waals surface area contributed by atoms with Crippen molar-refractivity contribution in [3.8, 4) is 0 Å². The van der Waals surface area contributed by atoms with Gasteiger partial charge in [-0.2, -0.15) is 0 Å². The molecule has 0 aliphatic carbocycles. The highest BCUT2D eigenvalue weighted by Gasteiger charge is 2.32. The molecule has 11 heavy (non-hydrogen) atoms. The second-order valence-electron chi connectivity index (χ2n) is 3.91. The number of nitrogens with zero attached hydrogens (tertiary/aromatic N) is 2. The highest BCUT2D eigenvalue weighted by Crippen LogP contribution is 2.19. The van der Waals surface area contributed by atoms with Gasteiger partial charge in [-0.3, -0.25) is 4.90 Å². The molecule has 0 aromatic carbocycles. The minimum absolute atomic E-state index is 0.437. The fourth-order valence-corrected chi connectivity index (χ4v) is 2.24. The number of hydrogen-bond acceptors (Lipinski definition) is 3. The van der Waals surface area contributed by atoms with Gasteiger partial charge in [-0.05, 0) is 13.5 Å². The Labute approximate surface area is 68.1 Å². The molecule has 64 valence electrons. The van der Waals surface area contributed by atoms with E-state index in [4.69, 9.17) is 5.73 Å². The van der Waals surface area contributed by atoms with Crippen LogP contribution in [0.15, 0.2) is 0 Å². The monoisotopic (exact) mass is 155 g/mol. The third-order valence-electron chi connectivity index (χ3n) is 2.85. The van der Waals surface area contributed by atoms with E-state index >= 15 is 0 Å². The first-order valence-corrected chi connectivity index (χ1v) is 4.44. The molecule has 2 N–H and O–H groups in total. The molecule has 2 saturated heterocycles. The molecule has 2 aliphatic rings. The lowest BCUT2D eigenvalue weighted by Gasteiger charge is -2.35. The minimum atomic E-state index is 0.437. The van der Waals surface area contributed by atoms with Crippen molar-refractivity contribution in [3.05, 3.63) is 0 Å². The Kier molecular flexibility index (Phi) is 1.87. The summed E-state index contributed by atoms with van der Waals surface area (Å²) in [5.41, 5.74) is 5.88. The van der Waals surface area contributed by atoms with Crippen molar-refractivity contribution in [1.82, 2.24) is 9.80 Å². The lowest BCUT2D eigenvalue weighted by molar-refractivity contribution is 0.124. The Bertz CT molecular complexity index is 148. The van der Waals surface area contributed by atoms with Gasteiger partial charge in [-0.1, -0.05) is 0 Å². The maximum absolute atomic E-state index is 5.88. The SMILES string of the molecule is CN1CCN2C[C@H](N)C[C@H]2C1. The highest BCUT2D eigenvalue weighted by atomic mass is 15.3. The number of nitrogens with two attached hydrogens (primary N) is 1. The van der Waals surface area contributed by atoms with Crippen molar-refractivity contribution >= 4 is 0 Å². The molecule has 0 spiro atoms. The van der Waals surface area contributed by atoms with Crippen LogP contribution in [0.3, 0.4) is 0 Å². The van der Waals surface area contributed by atoms with E-state index in [1.165, 1.54) is 26.1 Å². The number of fused-ring (bicyclic) bond motifs is 1. The molecular weight excluding hydrogens is 138 g/mol. The first-order valence-electron chi connectivity index (χ1n) is 4.44. The van der Waals surface area contributed by atoms with Crippen LogP contribution in [-0.2, 0) is 0 Å². The second-order valence-corrected chi connectivity index (χ2v) is 3.91. The largest absolute Gasteiger partial charge is 0.326 e. The standard InChI is InChI=1S/C8H17N3/c1-10-2-3-11-5-7(9)4-8(11)6-10/h7-8H,2-6,9H2,1H3/t7-,8+/m1/s1. The third-order valence-corrected chi connectivity index (χ3v) is 2.85. The van der Waals surface area contributed by atoms with Gasteiger partial charge in [-0.25, -0.2) is 0 Å². The van der Waals surface area contributed by atoms with Crippen molar-refractivity contribution in [2.45, 2.75) is 18.5 Å². The summed E-state index contributed by atoms with van der Waals surface area (Å²) >= 11 is 0. The van der Waals surface area contributed by atoms with Crippen LogP contribution in [0.5, 0.6) is 0 Å². The van der Waals surface area contributed by atoms with Crippen molar-refractivity contribution in [2.24, 2.45) is 5.73 Å². The average molecular weight is 155 g/mol. The van der Waals surface area contributed by atoms with Crippen molar-refractivity contribution < 1.29 is 0 Å². The van der Waals surface area contributed by atoms with Crippen molar-refractivity contribution in [1.29, 1.82) is 0 Å². The zero-order chi connectivity index (χ0) is 7.84. The Balaban J connectivity index is 1.97. The molecule has 0 bridgehead atoms. The van der Waals surface area contributed by atoms with E-state index in [2.05, 4.69) is 16.8 Å². The first kappa shape index (κ1) is 7.53. The fraction of sp³-hybridized carbons (Fsp3) is 1.00. The summed E-state index contributed by atoms with van der Waals surface area (Å²) < 4.78 is 0. The minimum Gasteiger partial charge on any atom is -0.326 e. The Hall–Kier alpha value is -0.120. The Morgan fingerprint density at radius 1 is 1.27 bits per heavy atom. The molecular formula is C8H17N3. The summed E-state index contributed by atoms with van der Waals surface area (Å²) in [5, 5.41) is 0. The van der Waals surface area contributed by atoms with Crippen LogP contribution in [0.25, 0.3) is 0 Å². The second kappa shape index (κ2) is 2.73. The summed E-state index contributed by atoms with van der Waals surface area (Å²) in [6.45, 7) is 4.77. The molecule has 2 fully saturated rings. The average Bonchev–Trinajstić information content (AvgIpc) is 2.27. The van der Waals surface area contributed by atoms with Gasteiger partial charge in [-0.15, -0.1) is 0 Å². The molecule has 0 saturated carbocycles. The van der Waals surface area contributed by atoms with E-state index in [1.807, 2.05) is 0 Å². The topological polar surface area (TPSA) is 32.5 Å². The number of piperazine rings is 1. The molecule has 0 radical (unpaired) electrons. The van der Waals surface area contributed by atoms with Gasteiger partial charge >= 0.3 is 0 Å². The van der Waals surface area contributed by atoms with Gasteiger partial charge in [0.1, 0.15) is 0 Å². The highest BCUT2D eigenvalue weighted by molar-refractivity contribution is 4.91. The molecule has 0 amide bonds. The van der Waals surface area contributed by atoms with Crippen molar-refractivity contribution in [2.75, 3.05) is 33.2 Å². The maximum atomic E-state index is 5.88. The molecule has 2 rings (SSSR count). The molecule has 3 nitrogen and oxygen atoms in total. The van der Waals surface area contributed by atoms with Gasteiger partial charge in [0.05, 0.1) is 0 Å². The number of hydrogen-bond donors (Lipinski definition) is 1. The predicted octanol–water partition coefficient (Wildman–Crippen LogP) is -0.667. The quantitative estimate of drug-likeness (QED) is 0.504. The molecule has 3 heteroatoms. The third kappa shape index (κ3) is 1.41. The van der Waals surface area contributed by atoms with Gasteiger partial charge in [0, 0.05) is 38.3 Å². The molecule has 2 heterocycles. The van der Waals surface area contributed by atoms with Crippen LogP contribution < -0.4 is 5.73 Å². The summed E-state index contributed by atoms with van der Waals surface area (Å²) in [6, 6.07) is 1.19. The van der Waals surface area contributed by atoms with E-state index < -0.39 is 0 Å². The van der Waals surface area contributed by atoms with Crippen LogP contribution in [0, 0.1) is 0 Å². The van der Waals surface area contributed by atoms with Crippen LogP contribution >= 0.6 is 0 Å². The normalized spacial score (nSPS) is 40.9. The van der Waals surface area contributed by atoms with Gasteiger partial charge in [0.25, 0.3) is 0 Å². The molecule has 2 atom stereocenters. The zero-order valence-corrected chi connectivity index (χ0v) is 7.16. The Morgan fingerprint density at radius 3 is 2.91 bits per heavy atom. The number of rotatable bonds is 0. The fourth-order valence-electron chi connectivity index (χ4n) is 2.24. The summed E-state index contributed by atoms with van der Waals surface area (Å²) in [7, 11) is 2.20. The summed E-state index contributed by atoms with van der Waals surface area (Å²) in [6.07, 6.45) is 1.20. The molecule has 0 aromatic heterocycles. The van der Waals surface area contributed by atoms with Crippen LogP contribution in [0.1, 0.15) is 6.42 Å². The molecule has 0 aromatic rings. The van der Waals surface area contributed by atoms with E-state index in [0.717, 1.165) is 12.6 Å². The Morgan fingerprint density at radius 2 is 2.09 bits per heavy atom. The molecule has 2 aliphatic heterocycles. The predicted molar refractivity (Wildman–Crippen MR) is 45.5 cm³/mol. The zero-order valence-electron chi connectivity index (χ0n) is 7.16. The van der Waals surface area contributed by atoms with Crippen LogP contribution in [0.4, 0.5) is 0 Å². The van der Waals surface area contributed by atoms with E-state index in [-0.39, 0.29) is 0 Å². The van der Waals surface area contributed by atoms with E-state index in [0.29, 0.717) is 6.04 Å². The van der Waals surface area contributed by atoms with Gasteiger partial charge in [0.15, 0.2) is 0 Å². The smallest absolute Gasteiger partial charge is 0.0239 e. The van der Waals surface area contributed by atoms with Crippen LogP contribution in [0.2, 0.25) is 0 Å². The summed E-state index contributed by atoms with van der Waals surface area (Å²) in [4.78, 5) is 4.93. The maximum Gasteiger partial charge on any atom is 0.0239 e. The van der Waals surface area contributed by atoms with Crippen LogP contribution in [-0.4, -0.2) is 55.1 Å².